The Morgan fingerprint density at radius 3 is 2.04 bits per heavy atom. The number of piperazine rings is 1. The SMILES string of the molecule is COc1cc(O)cc(OC)c1[C@H](C1CCCCC1)N1CCNCC1.Cl.Cl. The number of aromatic hydroxyl groups is 1. The fraction of sp³-hybridized carbons (Fsp3) is 0.684. The molecule has 1 aliphatic heterocycles. The summed E-state index contributed by atoms with van der Waals surface area (Å²) in [5.74, 6) is 2.28. The molecule has 26 heavy (non-hydrogen) atoms. The fourth-order valence-electron chi connectivity index (χ4n) is 4.34. The monoisotopic (exact) mass is 406 g/mol. The molecule has 2 N–H and O–H groups in total. The first kappa shape index (κ1) is 23.2. The van der Waals surface area contributed by atoms with Crippen LogP contribution >= 0.6 is 24.8 Å². The molecule has 1 heterocycles. The van der Waals surface area contributed by atoms with Crippen LogP contribution in [0.3, 0.4) is 0 Å². The molecule has 7 heteroatoms. The number of ether oxygens (including phenoxy) is 2. The third kappa shape index (κ3) is 5.10. The molecular formula is C19H32Cl2N2O3. The molecule has 0 unspecified atom stereocenters. The van der Waals surface area contributed by atoms with Crippen molar-refractivity contribution in [2.45, 2.75) is 38.1 Å². The van der Waals surface area contributed by atoms with E-state index in [0.717, 1.165) is 43.2 Å². The maximum atomic E-state index is 10.00. The van der Waals surface area contributed by atoms with Crippen LogP contribution in [0, 0.1) is 5.92 Å². The van der Waals surface area contributed by atoms with Crippen molar-refractivity contribution < 1.29 is 14.6 Å². The highest BCUT2D eigenvalue weighted by molar-refractivity contribution is 5.85. The van der Waals surface area contributed by atoms with Crippen LogP contribution in [0.2, 0.25) is 0 Å². The van der Waals surface area contributed by atoms with E-state index in [9.17, 15) is 5.11 Å². The number of benzene rings is 1. The van der Waals surface area contributed by atoms with E-state index in [1.807, 2.05) is 0 Å². The average molecular weight is 407 g/mol. The summed E-state index contributed by atoms with van der Waals surface area (Å²) in [7, 11) is 3.35. The van der Waals surface area contributed by atoms with Gasteiger partial charge in [0.25, 0.3) is 0 Å². The molecule has 2 aliphatic rings. The van der Waals surface area contributed by atoms with Gasteiger partial charge in [-0.15, -0.1) is 24.8 Å². The highest BCUT2D eigenvalue weighted by Crippen LogP contribution is 2.47. The molecule has 0 radical (unpaired) electrons. The predicted octanol–water partition coefficient (Wildman–Crippen LogP) is 3.78. The van der Waals surface area contributed by atoms with Crippen molar-refractivity contribution in [2.24, 2.45) is 5.92 Å². The van der Waals surface area contributed by atoms with Crippen LogP contribution in [0.25, 0.3) is 0 Å². The van der Waals surface area contributed by atoms with Crippen LogP contribution in [0.5, 0.6) is 17.2 Å². The lowest BCUT2D eigenvalue weighted by Crippen LogP contribution is -2.47. The minimum Gasteiger partial charge on any atom is -0.508 e. The first-order chi connectivity index (χ1) is 11.7. The Morgan fingerprint density at radius 1 is 1.00 bits per heavy atom. The Labute approximate surface area is 169 Å². The molecule has 0 aromatic heterocycles. The van der Waals surface area contributed by atoms with E-state index >= 15 is 0 Å². The summed E-state index contributed by atoms with van der Waals surface area (Å²) >= 11 is 0. The second-order valence-corrected chi connectivity index (χ2v) is 6.89. The lowest BCUT2D eigenvalue weighted by atomic mass is 9.79. The third-order valence-electron chi connectivity index (χ3n) is 5.47. The molecule has 1 atom stereocenters. The maximum Gasteiger partial charge on any atom is 0.131 e. The fourth-order valence-corrected chi connectivity index (χ4v) is 4.34. The first-order valence-corrected chi connectivity index (χ1v) is 9.14. The number of rotatable bonds is 5. The molecular weight excluding hydrogens is 375 g/mol. The van der Waals surface area contributed by atoms with E-state index < -0.39 is 0 Å². The van der Waals surface area contributed by atoms with E-state index in [1.54, 1.807) is 26.4 Å². The Bertz CT molecular complexity index is 505. The van der Waals surface area contributed by atoms with Crippen LogP contribution in [-0.4, -0.2) is 50.4 Å². The number of phenols is 1. The van der Waals surface area contributed by atoms with Crippen LogP contribution in [0.15, 0.2) is 12.1 Å². The number of halogens is 2. The van der Waals surface area contributed by atoms with Gasteiger partial charge < -0.3 is 19.9 Å². The molecule has 150 valence electrons. The molecule has 0 amide bonds. The normalized spacial score (nSPS) is 19.8. The number of hydrogen-bond donors (Lipinski definition) is 2. The van der Waals surface area contributed by atoms with Crippen LogP contribution in [0.1, 0.15) is 43.7 Å². The first-order valence-electron chi connectivity index (χ1n) is 9.14. The molecule has 1 aromatic carbocycles. The number of phenolic OH excluding ortho intramolecular Hbond substituents is 1. The van der Waals surface area contributed by atoms with Crippen molar-refractivity contribution in [3.05, 3.63) is 17.7 Å². The van der Waals surface area contributed by atoms with Gasteiger partial charge in [0.1, 0.15) is 17.2 Å². The summed E-state index contributed by atoms with van der Waals surface area (Å²) in [6.07, 6.45) is 6.45. The summed E-state index contributed by atoms with van der Waals surface area (Å²) in [4.78, 5) is 2.57. The van der Waals surface area contributed by atoms with Gasteiger partial charge in [0.2, 0.25) is 0 Å². The van der Waals surface area contributed by atoms with Crippen LogP contribution < -0.4 is 14.8 Å². The highest BCUT2D eigenvalue weighted by Gasteiger charge is 2.35. The van der Waals surface area contributed by atoms with Gasteiger partial charge in [-0.3, -0.25) is 4.90 Å². The molecule has 0 spiro atoms. The summed E-state index contributed by atoms with van der Waals surface area (Å²) in [5, 5.41) is 13.4. The molecule has 2 fully saturated rings. The van der Waals surface area contributed by atoms with Gasteiger partial charge in [-0.25, -0.2) is 0 Å². The molecule has 3 rings (SSSR count). The Hall–Kier alpha value is -0.880. The van der Waals surface area contributed by atoms with Gasteiger partial charge in [0.15, 0.2) is 0 Å². The smallest absolute Gasteiger partial charge is 0.131 e. The number of methoxy groups -OCH3 is 2. The van der Waals surface area contributed by atoms with Gasteiger partial charge in [0.05, 0.1) is 19.8 Å². The lowest BCUT2D eigenvalue weighted by Gasteiger charge is -2.42. The van der Waals surface area contributed by atoms with Gasteiger partial charge in [-0.1, -0.05) is 19.3 Å². The van der Waals surface area contributed by atoms with Crippen molar-refractivity contribution in [1.82, 2.24) is 10.2 Å². The maximum absolute atomic E-state index is 10.00. The van der Waals surface area contributed by atoms with Gasteiger partial charge in [-0.2, -0.15) is 0 Å². The molecule has 1 aliphatic carbocycles. The molecule has 5 nitrogen and oxygen atoms in total. The summed E-state index contributed by atoms with van der Waals surface area (Å²) in [6, 6.07) is 3.73. The van der Waals surface area contributed by atoms with E-state index in [-0.39, 0.29) is 36.6 Å². The van der Waals surface area contributed by atoms with E-state index in [4.69, 9.17) is 9.47 Å². The zero-order chi connectivity index (χ0) is 16.9. The average Bonchev–Trinajstić information content (AvgIpc) is 2.64. The zero-order valence-electron chi connectivity index (χ0n) is 15.7. The summed E-state index contributed by atoms with van der Waals surface area (Å²) in [5.41, 5.74) is 1.10. The third-order valence-corrected chi connectivity index (χ3v) is 5.47. The van der Waals surface area contributed by atoms with Gasteiger partial charge in [0, 0.05) is 44.4 Å². The molecule has 1 saturated heterocycles. The number of nitrogens with one attached hydrogen (secondary N) is 1. The second kappa shape index (κ2) is 11.1. The van der Waals surface area contributed by atoms with Crippen molar-refractivity contribution >= 4 is 24.8 Å². The Kier molecular flexibility index (Phi) is 9.86. The molecule has 0 bridgehead atoms. The Morgan fingerprint density at radius 2 is 1.54 bits per heavy atom. The largest absolute Gasteiger partial charge is 0.508 e. The number of nitrogens with zero attached hydrogens (tertiary/aromatic N) is 1. The second-order valence-electron chi connectivity index (χ2n) is 6.89. The van der Waals surface area contributed by atoms with Crippen molar-refractivity contribution in [3.63, 3.8) is 0 Å². The Balaban J connectivity index is 0.00000169. The minimum absolute atomic E-state index is 0. The van der Waals surface area contributed by atoms with E-state index in [1.165, 1.54) is 32.1 Å². The van der Waals surface area contributed by atoms with Crippen LogP contribution in [-0.2, 0) is 0 Å². The highest BCUT2D eigenvalue weighted by atomic mass is 35.5. The van der Waals surface area contributed by atoms with E-state index in [2.05, 4.69) is 10.2 Å². The quantitative estimate of drug-likeness (QED) is 0.778. The summed E-state index contributed by atoms with van der Waals surface area (Å²) < 4.78 is 11.3. The van der Waals surface area contributed by atoms with Crippen molar-refractivity contribution in [2.75, 3.05) is 40.4 Å². The zero-order valence-corrected chi connectivity index (χ0v) is 17.3. The number of hydrogen-bond acceptors (Lipinski definition) is 5. The van der Waals surface area contributed by atoms with E-state index in [0.29, 0.717) is 5.92 Å². The topological polar surface area (TPSA) is 54.0 Å². The van der Waals surface area contributed by atoms with Gasteiger partial charge in [-0.05, 0) is 18.8 Å². The molecule has 1 aromatic rings. The van der Waals surface area contributed by atoms with Crippen molar-refractivity contribution in [1.29, 1.82) is 0 Å². The standard InChI is InChI=1S/C19H30N2O3.2ClH/c1-23-16-12-15(22)13-17(24-2)18(16)19(14-6-4-3-5-7-14)21-10-8-20-9-11-21;;/h12-14,19-20,22H,3-11H2,1-2H3;2*1H/t19-;;/m0../s1. The van der Waals surface area contributed by atoms with Crippen LogP contribution in [0.4, 0.5) is 0 Å². The summed E-state index contributed by atoms with van der Waals surface area (Å²) in [6.45, 7) is 4.11. The lowest BCUT2D eigenvalue weighted by molar-refractivity contribution is 0.0989. The minimum atomic E-state index is 0. The predicted molar refractivity (Wildman–Crippen MR) is 109 cm³/mol. The van der Waals surface area contributed by atoms with Crippen molar-refractivity contribution in [3.8, 4) is 17.2 Å². The van der Waals surface area contributed by atoms with Gasteiger partial charge >= 0.3 is 0 Å². The molecule has 1 saturated carbocycles.